The van der Waals surface area contributed by atoms with E-state index in [-0.39, 0.29) is 37.9 Å². The van der Waals surface area contributed by atoms with Gasteiger partial charge in [-0.3, -0.25) is 14.4 Å². The number of nitrogens with one attached hydrogen (secondary N) is 1. The van der Waals surface area contributed by atoms with Crippen LogP contribution in [-0.2, 0) is 40.7 Å². The van der Waals surface area contributed by atoms with Gasteiger partial charge in [-0.25, -0.2) is 14.6 Å². The van der Waals surface area contributed by atoms with Crippen molar-refractivity contribution in [1.29, 1.82) is 0 Å². The third kappa shape index (κ3) is 7.33. The smallest absolute Gasteiger partial charge is 0.407 e. The molecule has 4 heterocycles. The fourth-order valence-corrected chi connectivity index (χ4v) is 10.9. The van der Waals surface area contributed by atoms with Crippen LogP contribution in [0.5, 0.6) is 5.75 Å². The molecule has 13 heteroatoms. The largest absolute Gasteiger partial charge is 0.458 e. The van der Waals surface area contributed by atoms with Gasteiger partial charge in [-0.05, 0) is 69.9 Å². The summed E-state index contributed by atoms with van der Waals surface area (Å²) in [5, 5.41) is 3.37. The van der Waals surface area contributed by atoms with E-state index in [1.54, 1.807) is 56.5 Å². The maximum atomic E-state index is 14.7. The van der Waals surface area contributed by atoms with Crippen LogP contribution in [0.25, 0.3) is 22.3 Å². The summed E-state index contributed by atoms with van der Waals surface area (Å²) in [6, 6.07) is 9.63. The average molecular weight is 706 g/mol. The first kappa shape index (κ1) is 36.7. The topological polar surface area (TPSA) is 152 Å². The Morgan fingerprint density at radius 3 is 2.50 bits per heavy atom. The molecule has 0 spiro atoms. The molecule has 268 valence electrons. The van der Waals surface area contributed by atoms with Gasteiger partial charge in [0.25, 0.3) is 5.56 Å². The van der Waals surface area contributed by atoms with E-state index in [0.717, 1.165) is 17.0 Å². The number of aromatic nitrogens is 2. The van der Waals surface area contributed by atoms with Crippen molar-refractivity contribution in [1.82, 2.24) is 14.9 Å². The van der Waals surface area contributed by atoms with Crippen LogP contribution in [0.1, 0.15) is 90.1 Å². The van der Waals surface area contributed by atoms with Gasteiger partial charge in [0.2, 0.25) is 5.60 Å². The number of benzene rings is 1. The van der Waals surface area contributed by atoms with Gasteiger partial charge in [0.15, 0.2) is 0 Å². The number of amides is 1. The first-order valence-electron chi connectivity index (χ1n) is 17.2. The summed E-state index contributed by atoms with van der Waals surface area (Å²) in [6.07, 6.45) is -0.403. The van der Waals surface area contributed by atoms with Gasteiger partial charge in [-0.15, -0.1) is 0 Å². The lowest BCUT2D eigenvalue weighted by molar-refractivity contribution is -0.190. The predicted molar refractivity (Wildman–Crippen MR) is 189 cm³/mol. The lowest BCUT2D eigenvalue weighted by Gasteiger charge is -2.43. The third-order valence-electron chi connectivity index (χ3n) is 8.94. The standard InChI is InChI=1S/C37H47N3O9Si/c1-10-37(48-29(42)12-11-15-38-35(45)49-36(5,6)7)26-18-28-31-24(16-23-17-25(46-22(4)41)13-14-27(23)39-31)19-40(28)32(43)30(26)33(47-34(37)44)50(8,9)20-21(2)3/h13-14,16-18,21,33H,10-12,15,19-20H2,1-9H3,(H,38,45). The Balaban J connectivity index is 1.56. The van der Waals surface area contributed by atoms with Crippen LogP contribution in [0.4, 0.5) is 4.79 Å². The van der Waals surface area contributed by atoms with Crippen molar-refractivity contribution in [2.45, 2.75) is 110 Å². The predicted octanol–water partition coefficient (Wildman–Crippen LogP) is 6.31. The second kappa shape index (κ2) is 13.7. The zero-order valence-corrected chi connectivity index (χ0v) is 31.4. The summed E-state index contributed by atoms with van der Waals surface area (Å²) in [6.45, 7) is 17.2. The molecule has 3 aromatic rings. The average Bonchev–Trinajstić information content (AvgIpc) is 3.35. The number of pyridine rings is 2. The van der Waals surface area contributed by atoms with Gasteiger partial charge in [0.1, 0.15) is 25.2 Å². The van der Waals surface area contributed by atoms with Crippen LogP contribution in [0.3, 0.4) is 0 Å². The normalized spacial score (nSPS) is 18.2. The molecule has 0 saturated heterocycles. The van der Waals surface area contributed by atoms with Gasteiger partial charge >= 0.3 is 24.0 Å². The summed E-state index contributed by atoms with van der Waals surface area (Å²) >= 11 is 0. The zero-order chi connectivity index (χ0) is 36.8. The van der Waals surface area contributed by atoms with E-state index >= 15 is 0 Å². The highest BCUT2D eigenvalue weighted by Gasteiger charge is 2.56. The molecular weight excluding hydrogens is 659 g/mol. The molecule has 0 aliphatic carbocycles. The van der Waals surface area contributed by atoms with E-state index in [9.17, 15) is 24.0 Å². The number of ether oxygens (including phenoxy) is 4. The van der Waals surface area contributed by atoms with Gasteiger partial charge in [0.05, 0.1) is 29.0 Å². The van der Waals surface area contributed by atoms with Crippen molar-refractivity contribution >= 4 is 43.0 Å². The number of carbonyl (C=O) groups excluding carboxylic acids is 4. The number of hydrogen-bond donors (Lipinski definition) is 1. The van der Waals surface area contributed by atoms with Crippen LogP contribution in [-0.4, -0.2) is 53.8 Å². The monoisotopic (exact) mass is 705 g/mol. The highest BCUT2D eigenvalue weighted by Crippen LogP contribution is 2.47. The molecular formula is C37H47N3O9Si. The number of hydrogen-bond acceptors (Lipinski definition) is 10. The quantitative estimate of drug-likeness (QED) is 0.0654. The van der Waals surface area contributed by atoms with Gasteiger partial charge in [-0.2, -0.15) is 0 Å². The third-order valence-corrected chi connectivity index (χ3v) is 12.6. The molecule has 1 aromatic carbocycles. The van der Waals surface area contributed by atoms with Crippen molar-refractivity contribution in [3.63, 3.8) is 0 Å². The fourth-order valence-electron chi connectivity index (χ4n) is 7.11. The Morgan fingerprint density at radius 2 is 1.86 bits per heavy atom. The molecule has 2 aliphatic heterocycles. The van der Waals surface area contributed by atoms with E-state index < -0.39 is 49.0 Å². The summed E-state index contributed by atoms with van der Waals surface area (Å²) in [5.41, 5.74) is -0.371. The number of fused-ring (bicyclic) bond motifs is 5. The van der Waals surface area contributed by atoms with Crippen LogP contribution in [0.2, 0.25) is 19.1 Å². The van der Waals surface area contributed by atoms with Gasteiger partial charge in [-0.1, -0.05) is 39.9 Å². The molecule has 5 rings (SSSR count). The lowest BCUT2D eigenvalue weighted by atomic mass is 9.85. The summed E-state index contributed by atoms with van der Waals surface area (Å²) in [5.74, 6) is -1.10. The van der Waals surface area contributed by atoms with Crippen molar-refractivity contribution in [2.75, 3.05) is 6.54 Å². The SMILES string of the molecule is CCC1(OC(=O)CCCNC(=O)OC(C)(C)C)C(=O)OC([Si](C)(C)CC(C)C)c2c1cc1n(c2=O)Cc2cc3cc(OC(C)=O)ccc3nc2-1. The van der Waals surface area contributed by atoms with E-state index in [1.165, 1.54) is 6.92 Å². The maximum Gasteiger partial charge on any atom is 0.407 e. The Bertz CT molecular complexity index is 1930. The molecule has 0 saturated carbocycles. The number of alkyl carbamates (subject to hydrolysis) is 1. The summed E-state index contributed by atoms with van der Waals surface area (Å²) < 4.78 is 24.4. The molecule has 2 atom stereocenters. The maximum absolute atomic E-state index is 14.7. The van der Waals surface area contributed by atoms with E-state index in [0.29, 0.717) is 39.7 Å². The number of rotatable bonds is 10. The lowest BCUT2D eigenvalue weighted by Crippen LogP contribution is -2.54. The Morgan fingerprint density at radius 1 is 1.14 bits per heavy atom. The molecule has 0 radical (unpaired) electrons. The number of nitrogens with zero attached hydrogens (tertiary/aromatic N) is 2. The molecule has 0 fully saturated rings. The zero-order valence-electron chi connectivity index (χ0n) is 30.4. The fraction of sp³-hybridized carbons (Fsp3) is 0.514. The Labute approximate surface area is 292 Å². The van der Waals surface area contributed by atoms with Crippen LogP contribution in [0.15, 0.2) is 35.1 Å². The van der Waals surface area contributed by atoms with Crippen molar-refractivity contribution in [3.8, 4) is 17.1 Å². The van der Waals surface area contributed by atoms with Crippen LogP contribution in [0, 0.1) is 5.92 Å². The minimum atomic E-state index is -2.44. The Hall–Kier alpha value is -4.52. The highest BCUT2D eigenvalue weighted by atomic mass is 28.3. The first-order valence-corrected chi connectivity index (χ1v) is 20.4. The van der Waals surface area contributed by atoms with Gasteiger partial charge < -0.3 is 28.8 Å². The second-order valence-electron chi connectivity index (χ2n) is 15.3. The van der Waals surface area contributed by atoms with E-state index in [4.69, 9.17) is 23.9 Å². The van der Waals surface area contributed by atoms with E-state index in [2.05, 4.69) is 32.3 Å². The molecule has 12 nitrogen and oxygen atoms in total. The first-order chi connectivity index (χ1) is 23.3. The van der Waals surface area contributed by atoms with Crippen LogP contribution >= 0.6 is 0 Å². The molecule has 1 N–H and O–H groups in total. The van der Waals surface area contributed by atoms with E-state index in [1.807, 2.05) is 6.07 Å². The van der Waals surface area contributed by atoms with Gasteiger partial charge in [0, 0.05) is 36.4 Å². The van der Waals surface area contributed by atoms with Crippen molar-refractivity contribution in [2.24, 2.45) is 5.92 Å². The number of esters is 3. The second-order valence-corrected chi connectivity index (χ2v) is 20.2. The summed E-state index contributed by atoms with van der Waals surface area (Å²) in [4.78, 5) is 70.7. The Kier molecular flexibility index (Phi) is 10.0. The highest BCUT2D eigenvalue weighted by molar-refractivity contribution is 6.78. The van der Waals surface area contributed by atoms with Crippen molar-refractivity contribution < 1.29 is 38.1 Å². The molecule has 2 aromatic heterocycles. The number of carbonyl (C=O) groups is 4. The molecule has 2 unspecified atom stereocenters. The molecule has 1 amide bonds. The minimum Gasteiger partial charge on any atom is -0.458 e. The molecule has 50 heavy (non-hydrogen) atoms. The summed E-state index contributed by atoms with van der Waals surface area (Å²) in [7, 11) is -2.44. The molecule has 2 aliphatic rings. The minimum absolute atomic E-state index is 0.0411. The van der Waals surface area contributed by atoms with Crippen LogP contribution < -0.4 is 15.6 Å². The molecule has 0 bridgehead atoms. The number of cyclic esters (lactones) is 1. The van der Waals surface area contributed by atoms with Crippen molar-refractivity contribution in [3.05, 3.63) is 57.4 Å².